The molecule has 5 nitrogen and oxygen atoms in total. The van der Waals surface area contributed by atoms with Crippen molar-refractivity contribution in [2.75, 3.05) is 5.32 Å². The minimum Gasteiger partial charge on any atom is -0.504 e. The van der Waals surface area contributed by atoms with Crippen molar-refractivity contribution in [3.8, 4) is 23.3 Å². The molecule has 0 radical (unpaired) electrons. The molecule has 0 amide bonds. The average molecular weight is 274 g/mol. The van der Waals surface area contributed by atoms with Gasteiger partial charge in [-0.05, 0) is 30.3 Å². The van der Waals surface area contributed by atoms with Gasteiger partial charge in [0.05, 0.1) is 17.3 Å². The van der Waals surface area contributed by atoms with Crippen molar-refractivity contribution in [2.45, 2.75) is 6.54 Å². The highest BCUT2D eigenvalue weighted by molar-refractivity contribution is 5.55. The monoisotopic (exact) mass is 274 g/mol. The summed E-state index contributed by atoms with van der Waals surface area (Å²) in [6.07, 6.45) is 0. The van der Waals surface area contributed by atoms with Gasteiger partial charge in [-0.1, -0.05) is 0 Å². The summed E-state index contributed by atoms with van der Waals surface area (Å²) in [7, 11) is 0. The van der Waals surface area contributed by atoms with E-state index in [4.69, 9.17) is 5.26 Å². The van der Waals surface area contributed by atoms with Gasteiger partial charge in [-0.2, -0.15) is 5.26 Å². The molecule has 0 atom stereocenters. The van der Waals surface area contributed by atoms with Crippen molar-refractivity contribution in [2.24, 2.45) is 0 Å². The molecule has 0 aliphatic carbocycles. The lowest BCUT2D eigenvalue weighted by atomic mass is 10.1. The highest BCUT2D eigenvalue weighted by Crippen LogP contribution is 2.37. The number of nitriles is 1. The van der Waals surface area contributed by atoms with E-state index in [1.807, 2.05) is 6.07 Å². The van der Waals surface area contributed by atoms with Gasteiger partial charge in [0.25, 0.3) is 0 Å². The zero-order chi connectivity index (χ0) is 14.7. The summed E-state index contributed by atoms with van der Waals surface area (Å²) < 4.78 is 13.6. The molecule has 0 saturated carbocycles. The van der Waals surface area contributed by atoms with Gasteiger partial charge in [0.2, 0.25) is 5.75 Å². The van der Waals surface area contributed by atoms with E-state index in [1.54, 1.807) is 0 Å². The van der Waals surface area contributed by atoms with Gasteiger partial charge < -0.3 is 20.6 Å². The number of hydrogen-bond acceptors (Lipinski definition) is 5. The van der Waals surface area contributed by atoms with Gasteiger partial charge in [-0.3, -0.25) is 0 Å². The van der Waals surface area contributed by atoms with Gasteiger partial charge in [-0.15, -0.1) is 0 Å². The molecule has 0 aliphatic heterocycles. The minimum atomic E-state index is -0.621. The zero-order valence-corrected chi connectivity index (χ0v) is 10.3. The molecular formula is C14H11FN2O3. The Bertz CT molecular complexity index is 696. The molecule has 102 valence electrons. The summed E-state index contributed by atoms with van der Waals surface area (Å²) in [5.74, 6) is -2.11. The normalized spacial score (nSPS) is 10.0. The lowest BCUT2D eigenvalue weighted by molar-refractivity contribution is 0.365. The van der Waals surface area contributed by atoms with E-state index in [9.17, 15) is 19.7 Å². The van der Waals surface area contributed by atoms with Crippen molar-refractivity contribution >= 4 is 5.69 Å². The standard InChI is InChI=1S/C14H11FN2O3/c15-10-5-8(6-16)1-3-11(10)17-7-9-2-4-12(18)14(20)13(9)19/h1-5,17-20H,7H2. The van der Waals surface area contributed by atoms with Crippen LogP contribution in [0.15, 0.2) is 30.3 Å². The summed E-state index contributed by atoms with van der Waals surface area (Å²) in [4.78, 5) is 0. The van der Waals surface area contributed by atoms with Gasteiger partial charge >= 0.3 is 0 Å². The fraction of sp³-hybridized carbons (Fsp3) is 0.0714. The second kappa shape index (κ2) is 5.36. The fourth-order valence-corrected chi connectivity index (χ4v) is 1.67. The Morgan fingerprint density at radius 2 is 1.85 bits per heavy atom. The number of benzene rings is 2. The number of rotatable bonds is 3. The van der Waals surface area contributed by atoms with Crippen LogP contribution in [-0.4, -0.2) is 15.3 Å². The molecule has 0 aliphatic rings. The van der Waals surface area contributed by atoms with E-state index >= 15 is 0 Å². The summed E-state index contributed by atoms with van der Waals surface area (Å²) in [5, 5.41) is 39.5. The molecule has 0 spiro atoms. The Hall–Kier alpha value is -2.94. The zero-order valence-electron chi connectivity index (χ0n) is 10.3. The number of nitrogens with one attached hydrogen (secondary N) is 1. The molecule has 20 heavy (non-hydrogen) atoms. The second-order valence-corrected chi connectivity index (χ2v) is 4.10. The quantitative estimate of drug-likeness (QED) is 0.644. The third-order valence-corrected chi connectivity index (χ3v) is 2.78. The van der Waals surface area contributed by atoms with Crippen LogP contribution >= 0.6 is 0 Å². The van der Waals surface area contributed by atoms with Crippen LogP contribution in [0.4, 0.5) is 10.1 Å². The Labute approximate surface area is 114 Å². The first kappa shape index (κ1) is 13.5. The number of halogens is 1. The molecule has 0 fully saturated rings. The lowest BCUT2D eigenvalue weighted by Crippen LogP contribution is -2.02. The molecular weight excluding hydrogens is 263 g/mol. The molecule has 0 heterocycles. The molecule has 0 unspecified atom stereocenters. The summed E-state index contributed by atoms with van der Waals surface area (Å²) in [5.41, 5.74) is 0.665. The first-order valence-corrected chi connectivity index (χ1v) is 5.69. The maximum absolute atomic E-state index is 13.6. The Balaban J connectivity index is 2.18. The third-order valence-electron chi connectivity index (χ3n) is 2.78. The van der Waals surface area contributed by atoms with Crippen LogP contribution in [0.3, 0.4) is 0 Å². The van der Waals surface area contributed by atoms with Crippen molar-refractivity contribution in [3.05, 3.63) is 47.3 Å². The van der Waals surface area contributed by atoms with E-state index in [0.717, 1.165) is 6.07 Å². The van der Waals surface area contributed by atoms with E-state index in [-0.39, 0.29) is 17.8 Å². The van der Waals surface area contributed by atoms with Crippen LogP contribution in [0.2, 0.25) is 0 Å². The molecule has 2 aromatic carbocycles. The number of phenolic OH excluding ortho intramolecular Hbond substituents is 3. The van der Waals surface area contributed by atoms with E-state index in [0.29, 0.717) is 5.56 Å². The smallest absolute Gasteiger partial charge is 0.200 e. The second-order valence-electron chi connectivity index (χ2n) is 4.10. The fourth-order valence-electron chi connectivity index (χ4n) is 1.67. The summed E-state index contributed by atoms with van der Waals surface area (Å²) in [6, 6.07) is 8.41. The number of anilines is 1. The number of aromatic hydroxyl groups is 3. The number of nitrogens with zero attached hydrogens (tertiary/aromatic N) is 1. The maximum Gasteiger partial charge on any atom is 0.200 e. The molecule has 4 N–H and O–H groups in total. The third kappa shape index (κ3) is 2.57. The predicted molar refractivity (Wildman–Crippen MR) is 69.9 cm³/mol. The van der Waals surface area contributed by atoms with Crippen LogP contribution < -0.4 is 5.32 Å². The first-order valence-electron chi connectivity index (χ1n) is 5.69. The van der Waals surface area contributed by atoms with E-state index in [2.05, 4.69) is 5.32 Å². The van der Waals surface area contributed by atoms with Crippen molar-refractivity contribution < 1.29 is 19.7 Å². The average Bonchev–Trinajstić information content (AvgIpc) is 2.45. The molecule has 6 heteroatoms. The van der Waals surface area contributed by atoms with Crippen molar-refractivity contribution in [1.82, 2.24) is 0 Å². The van der Waals surface area contributed by atoms with Crippen molar-refractivity contribution in [3.63, 3.8) is 0 Å². The van der Waals surface area contributed by atoms with Crippen LogP contribution in [0.5, 0.6) is 17.2 Å². The molecule has 0 saturated heterocycles. The number of hydrogen-bond donors (Lipinski definition) is 4. The Morgan fingerprint density at radius 3 is 2.50 bits per heavy atom. The van der Waals surface area contributed by atoms with Crippen LogP contribution in [0.1, 0.15) is 11.1 Å². The maximum atomic E-state index is 13.6. The van der Waals surface area contributed by atoms with Crippen LogP contribution in [0, 0.1) is 17.1 Å². The molecule has 2 rings (SSSR count). The van der Waals surface area contributed by atoms with Crippen molar-refractivity contribution in [1.29, 1.82) is 5.26 Å². The lowest BCUT2D eigenvalue weighted by Gasteiger charge is -2.10. The highest BCUT2D eigenvalue weighted by Gasteiger charge is 2.11. The molecule has 2 aromatic rings. The summed E-state index contributed by atoms with van der Waals surface area (Å²) in [6.45, 7) is 0.0441. The number of phenols is 3. The highest BCUT2D eigenvalue weighted by atomic mass is 19.1. The van der Waals surface area contributed by atoms with Gasteiger partial charge in [0.1, 0.15) is 5.82 Å². The Kier molecular flexibility index (Phi) is 3.62. The SMILES string of the molecule is N#Cc1ccc(NCc2ccc(O)c(O)c2O)c(F)c1. The van der Waals surface area contributed by atoms with Gasteiger partial charge in [0.15, 0.2) is 11.5 Å². The largest absolute Gasteiger partial charge is 0.504 e. The summed E-state index contributed by atoms with van der Waals surface area (Å²) >= 11 is 0. The molecule has 0 bridgehead atoms. The van der Waals surface area contributed by atoms with Gasteiger partial charge in [0, 0.05) is 12.1 Å². The van der Waals surface area contributed by atoms with E-state index in [1.165, 1.54) is 24.3 Å². The van der Waals surface area contributed by atoms with Crippen LogP contribution in [0.25, 0.3) is 0 Å². The predicted octanol–water partition coefficient (Wildman–Crippen LogP) is 2.43. The topological polar surface area (TPSA) is 96.5 Å². The van der Waals surface area contributed by atoms with Crippen LogP contribution in [-0.2, 0) is 6.54 Å². The molecule has 0 aromatic heterocycles. The Morgan fingerprint density at radius 1 is 1.10 bits per heavy atom. The minimum absolute atomic E-state index is 0.0441. The van der Waals surface area contributed by atoms with E-state index < -0.39 is 23.1 Å². The van der Waals surface area contributed by atoms with Gasteiger partial charge in [-0.25, -0.2) is 4.39 Å². The first-order chi connectivity index (χ1) is 9.52.